The summed E-state index contributed by atoms with van der Waals surface area (Å²) >= 11 is 0. The zero-order chi connectivity index (χ0) is 14.7. The number of nitrogens with zero attached hydrogens (tertiary/aromatic N) is 1. The van der Waals surface area contributed by atoms with Crippen molar-refractivity contribution in [3.8, 4) is 0 Å². The molecule has 0 spiro atoms. The molecule has 1 rings (SSSR count). The van der Waals surface area contributed by atoms with E-state index in [4.69, 9.17) is 5.73 Å². The fourth-order valence-corrected chi connectivity index (χ4v) is 2.31. The lowest BCUT2D eigenvalue weighted by Gasteiger charge is -2.29. The summed E-state index contributed by atoms with van der Waals surface area (Å²) in [5.41, 5.74) is 5.62. The van der Waals surface area contributed by atoms with E-state index in [1.54, 1.807) is 26.1 Å². The molecule has 0 aliphatic carbocycles. The number of nitrogens with two attached hydrogens (primary N) is 1. The number of sulfone groups is 1. The van der Waals surface area contributed by atoms with Gasteiger partial charge in [-0.05, 0) is 12.5 Å². The Bertz CT molecular complexity index is 538. The first-order chi connectivity index (χ1) is 8.64. The van der Waals surface area contributed by atoms with Crippen molar-refractivity contribution in [2.24, 2.45) is 5.73 Å². The Morgan fingerprint density at radius 1 is 1.32 bits per heavy atom. The van der Waals surface area contributed by atoms with E-state index in [9.17, 15) is 13.2 Å². The van der Waals surface area contributed by atoms with Gasteiger partial charge in [-0.15, -0.1) is 0 Å². The Morgan fingerprint density at radius 3 is 2.32 bits per heavy atom. The summed E-state index contributed by atoms with van der Waals surface area (Å²) in [7, 11) is -1.54. The van der Waals surface area contributed by atoms with Gasteiger partial charge in [-0.1, -0.05) is 30.3 Å². The second-order valence-electron chi connectivity index (χ2n) is 4.92. The van der Waals surface area contributed by atoms with Gasteiger partial charge in [0, 0.05) is 19.8 Å². The van der Waals surface area contributed by atoms with Crippen LogP contribution in [0.5, 0.6) is 0 Å². The standard InChI is InChI=1S/C13H20N2O3S/c1-13(14,11-7-5-4-6-8-11)12(16)15(2)9-10-19(3,17)18/h4-8H,9-10,14H2,1-3H3. The van der Waals surface area contributed by atoms with Crippen LogP contribution in [0, 0.1) is 0 Å². The lowest BCUT2D eigenvalue weighted by Crippen LogP contribution is -2.50. The summed E-state index contributed by atoms with van der Waals surface area (Å²) < 4.78 is 22.2. The Kier molecular flexibility index (Phi) is 4.70. The first-order valence-electron chi connectivity index (χ1n) is 5.92. The first-order valence-corrected chi connectivity index (χ1v) is 7.98. The third-order valence-electron chi connectivity index (χ3n) is 2.96. The lowest BCUT2D eigenvalue weighted by molar-refractivity contribution is -0.135. The van der Waals surface area contributed by atoms with Crippen LogP contribution in [-0.4, -0.2) is 44.8 Å². The van der Waals surface area contributed by atoms with Crippen LogP contribution in [0.1, 0.15) is 12.5 Å². The fraction of sp³-hybridized carbons (Fsp3) is 0.462. The number of carbonyl (C=O) groups excluding carboxylic acids is 1. The van der Waals surface area contributed by atoms with Crippen LogP contribution in [-0.2, 0) is 20.2 Å². The van der Waals surface area contributed by atoms with Gasteiger partial charge in [0.05, 0.1) is 5.75 Å². The molecule has 0 saturated carbocycles. The van der Waals surface area contributed by atoms with Crippen LogP contribution in [0.15, 0.2) is 30.3 Å². The maximum Gasteiger partial charge on any atom is 0.246 e. The SMILES string of the molecule is CN(CCS(C)(=O)=O)C(=O)C(C)(N)c1ccccc1. The van der Waals surface area contributed by atoms with Crippen LogP contribution in [0.2, 0.25) is 0 Å². The maximum absolute atomic E-state index is 12.3. The third kappa shape index (κ3) is 4.33. The molecule has 2 N–H and O–H groups in total. The average Bonchev–Trinajstić information content (AvgIpc) is 2.35. The van der Waals surface area contributed by atoms with Crippen molar-refractivity contribution in [3.63, 3.8) is 0 Å². The molecule has 106 valence electrons. The summed E-state index contributed by atoms with van der Waals surface area (Å²) in [6.07, 6.45) is 1.14. The van der Waals surface area contributed by atoms with E-state index in [1.165, 1.54) is 4.90 Å². The lowest BCUT2D eigenvalue weighted by atomic mass is 9.92. The number of likely N-dealkylation sites (N-methyl/N-ethyl adjacent to an activating group) is 1. The quantitative estimate of drug-likeness (QED) is 0.846. The number of hydrogen-bond donors (Lipinski definition) is 1. The average molecular weight is 284 g/mol. The van der Waals surface area contributed by atoms with Crippen molar-refractivity contribution < 1.29 is 13.2 Å². The molecule has 1 unspecified atom stereocenters. The van der Waals surface area contributed by atoms with Gasteiger partial charge in [-0.3, -0.25) is 4.79 Å². The van der Waals surface area contributed by atoms with Gasteiger partial charge >= 0.3 is 0 Å². The van der Waals surface area contributed by atoms with Gasteiger partial charge in [0.2, 0.25) is 5.91 Å². The minimum Gasteiger partial charge on any atom is -0.343 e. The van der Waals surface area contributed by atoms with Gasteiger partial charge in [-0.25, -0.2) is 8.42 Å². The molecule has 6 heteroatoms. The highest BCUT2D eigenvalue weighted by Crippen LogP contribution is 2.19. The molecule has 0 radical (unpaired) electrons. The molecule has 1 aromatic rings. The molecule has 0 aromatic heterocycles. The molecule has 5 nitrogen and oxygen atoms in total. The number of amides is 1. The molecular weight excluding hydrogens is 264 g/mol. The van der Waals surface area contributed by atoms with Gasteiger partial charge in [-0.2, -0.15) is 0 Å². The molecule has 1 aromatic carbocycles. The van der Waals surface area contributed by atoms with E-state index >= 15 is 0 Å². The van der Waals surface area contributed by atoms with Crippen molar-refractivity contribution in [3.05, 3.63) is 35.9 Å². The van der Waals surface area contributed by atoms with Gasteiger partial charge in [0.15, 0.2) is 0 Å². The smallest absolute Gasteiger partial charge is 0.246 e. The predicted octanol–water partition coefficient (Wildman–Crippen LogP) is 0.364. The highest BCUT2D eigenvalue weighted by atomic mass is 32.2. The molecule has 0 aliphatic heterocycles. The molecule has 0 saturated heterocycles. The van der Waals surface area contributed by atoms with Crippen molar-refractivity contribution in [1.29, 1.82) is 0 Å². The third-order valence-corrected chi connectivity index (χ3v) is 3.89. The molecule has 0 aliphatic rings. The number of carbonyl (C=O) groups is 1. The Balaban J connectivity index is 2.81. The number of rotatable bonds is 5. The zero-order valence-electron chi connectivity index (χ0n) is 11.5. The highest BCUT2D eigenvalue weighted by molar-refractivity contribution is 7.90. The van der Waals surface area contributed by atoms with Crippen molar-refractivity contribution in [2.45, 2.75) is 12.5 Å². The van der Waals surface area contributed by atoms with Gasteiger partial charge in [0.25, 0.3) is 0 Å². The van der Waals surface area contributed by atoms with E-state index < -0.39 is 15.4 Å². The molecule has 0 fully saturated rings. The Hall–Kier alpha value is -1.40. The molecular formula is C13H20N2O3S. The van der Waals surface area contributed by atoms with E-state index in [1.807, 2.05) is 18.2 Å². The minimum absolute atomic E-state index is 0.0693. The van der Waals surface area contributed by atoms with Crippen LogP contribution >= 0.6 is 0 Å². The summed E-state index contributed by atoms with van der Waals surface area (Å²) in [6, 6.07) is 9.02. The number of hydrogen-bond acceptors (Lipinski definition) is 4. The Labute approximate surface area is 114 Å². The highest BCUT2D eigenvalue weighted by Gasteiger charge is 2.33. The summed E-state index contributed by atoms with van der Waals surface area (Å²) in [4.78, 5) is 13.6. The Morgan fingerprint density at radius 2 is 1.84 bits per heavy atom. The van der Waals surface area contributed by atoms with E-state index in [0.717, 1.165) is 6.26 Å². The first kappa shape index (κ1) is 15.7. The van der Waals surface area contributed by atoms with Crippen molar-refractivity contribution in [1.82, 2.24) is 4.90 Å². The molecule has 1 atom stereocenters. The van der Waals surface area contributed by atoms with Crippen LogP contribution in [0.4, 0.5) is 0 Å². The molecule has 19 heavy (non-hydrogen) atoms. The summed E-state index contributed by atoms with van der Waals surface area (Å²) in [6.45, 7) is 1.76. The van der Waals surface area contributed by atoms with Crippen LogP contribution in [0.3, 0.4) is 0 Å². The van der Waals surface area contributed by atoms with Crippen molar-refractivity contribution in [2.75, 3.05) is 25.6 Å². The van der Waals surface area contributed by atoms with E-state index in [2.05, 4.69) is 0 Å². The zero-order valence-corrected chi connectivity index (χ0v) is 12.3. The summed E-state index contributed by atoms with van der Waals surface area (Å²) in [5.74, 6) is -0.373. The second kappa shape index (κ2) is 5.71. The monoisotopic (exact) mass is 284 g/mol. The predicted molar refractivity (Wildman–Crippen MR) is 75.3 cm³/mol. The molecule has 0 heterocycles. The fourth-order valence-electron chi connectivity index (χ4n) is 1.71. The van der Waals surface area contributed by atoms with E-state index in [-0.39, 0.29) is 18.2 Å². The van der Waals surface area contributed by atoms with Crippen molar-refractivity contribution >= 4 is 15.7 Å². The second-order valence-corrected chi connectivity index (χ2v) is 7.18. The van der Waals surface area contributed by atoms with Gasteiger partial charge in [0.1, 0.15) is 15.4 Å². The normalized spacial score (nSPS) is 14.7. The van der Waals surface area contributed by atoms with Crippen LogP contribution in [0.25, 0.3) is 0 Å². The molecule has 0 bridgehead atoms. The minimum atomic E-state index is -3.10. The molecule has 1 amide bonds. The number of benzene rings is 1. The maximum atomic E-state index is 12.3. The van der Waals surface area contributed by atoms with Gasteiger partial charge < -0.3 is 10.6 Å². The topological polar surface area (TPSA) is 80.5 Å². The van der Waals surface area contributed by atoms with Crippen LogP contribution < -0.4 is 5.73 Å². The summed E-state index contributed by atoms with van der Waals surface area (Å²) in [5, 5.41) is 0. The van der Waals surface area contributed by atoms with E-state index in [0.29, 0.717) is 5.56 Å². The largest absolute Gasteiger partial charge is 0.343 e.